The standard InChI is InChI=1S/C19H22N2/c1-3-15-13-18(16-11-9-14(2)10-12-16)21-19(15)20-17-7-5-4-6-8-17/h4-12,15,18H,3,13H2,1-2H3,(H,20,21). The first kappa shape index (κ1) is 13.9. The van der Waals surface area contributed by atoms with Crippen LogP contribution >= 0.6 is 0 Å². The summed E-state index contributed by atoms with van der Waals surface area (Å²) in [7, 11) is 0. The molecule has 0 saturated carbocycles. The fourth-order valence-electron chi connectivity index (χ4n) is 2.87. The minimum absolute atomic E-state index is 0.293. The zero-order valence-electron chi connectivity index (χ0n) is 12.7. The lowest BCUT2D eigenvalue weighted by Crippen LogP contribution is -2.18. The number of aliphatic imine (C=N–C) groups is 1. The van der Waals surface area contributed by atoms with Gasteiger partial charge in [-0.15, -0.1) is 0 Å². The van der Waals surface area contributed by atoms with Gasteiger partial charge in [-0.3, -0.25) is 4.99 Å². The summed E-state index contributed by atoms with van der Waals surface area (Å²) in [6.45, 7) is 4.36. The normalized spacial score (nSPS) is 21.1. The third kappa shape index (κ3) is 3.15. The molecule has 2 unspecified atom stereocenters. The fraction of sp³-hybridized carbons (Fsp3) is 0.316. The van der Waals surface area contributed by atoms with Gasteiger partial charge in [0.25, 0.3) is 0 Å². The van der Waals surface area contributed by atoms with Crippen LogP contribution in [0.15, 0.2) is 59.6 Å². The Labute approximate surface area is 126 Å². The zero-order chi connectivity index (χ0) is 14.7. The van der Waals surface area contributed by atoms with E-state index in [-0.39, 0.29) is 0 Å². The van der Waals surface area contributed by atoms with Gasteiger partial charge < -0.3 is 5.32 Å². The van der Waals surface area contributed by atoms with Crippen molar-refractivity contribution in [2.45, 2.75) is 32.7 Å². The number of hydrogen-bond donors (Lipinski definition) is 1. The molecule has 0 aliphatic carbocycles. The summed E-state index contributed by atoms with van der Waals surface area (Å²) in [5, 5.41) is 3.50. The largest absolute Gasteiger partial charge is 0.344 e. The average Bonchev–Trinajstić information content (AvgIpc) is 2.92. The van der Waals surface area contributed by atoms with Crippen molar-refractivity contribution in [2.24, 2.45) is 10.9 Å². The van der Waals surface area contributed by atoms with Gasteiger partial charge in [0.1, 0.15) is 5.84 Å². The van der Waals surface area contributed by atoms with Crippen molar-refractivity contribution in [1.82, 2.24) is 0 Å². The van der Waals surface area contributed by atoms with Crippen LogP contribution in [0.2, 0.25) is 0 Å². The molecule has 0 aromatic heterocycles. The van der Waals surface area contributed by atoms with Crippen LogP contribution in [0.5, 0.6) is 0 Å². The van der Waals surface area contributed by atoms with E-state index in [1.165, 1.54) is 11.1 Å². The Morgan fingerprint density at radius 2 is 1.76 bits per heavy atom. The zero-order valence-corrected chi connectivity index (χ0v) is 12.7. The predicted octanol–water partition coefficient (Wildman–Crippen LogP) is 4.98. The van der Waals surface area contributed by atoms with Gasteiger partial charge in [0.05, 0.1) is 6.04 Å². The number of aryl methyl sites for hydroxylation is 1. The van der Waals surface area contributed by atoms with Crippen LogP contribution in [-0.4, -0.2) is 5.84 Å². The van der Waals surface area contributed by atoms with Crippen LogP contribution in [0.1, 0.15) is 36.9 Å². The third-order valence-electron chi connectivity index (χ3n) is 4.19. The van der Waals surface area contributed by atoms with Crippen LogP contribution in [0.25, 0.3) is 0 Å². The molecule has 0 saturated heterocycles. The molecule has 0 bridgehead atoms. The molecule has 0 amide bonds. The lowest BCUT2D eigenvalue weighted by Gasteiger charge is -2.12. The molecule has 3 rings (SSSR count). The van der Waals surface area contributed by atoms with Crippen molar-refractivity contribution < 1.29 is 0 Å². The Balaban J connectivity index is 1.81. The third-order valence-corrected chi connectivity index (χ3v) is 4.19. The van der Waals surface area contributed by atoms with Crippen LogP contribution in [0, 0.1) is 12.8 Å². The van der Waals surface area contributed by atoms with E-state index < -0.39 is 0 Å². The van der Waals surface area contributed by atoms with Crippen LogP contribution in [0.4, 0.5) is 5.69 Å². The van der Waals surface area contributed by atoms with Crippen LogP contribution in [-0.2, 0) is 0 Å². The molecule has 21 heavy (non-hydrogen) atoms. The van der Waals surface area contributed by atoms with Crippen molar-refractivity contribution in [3.63, 3.8) is 0 Å². The summed E-state index contributed by atoms with van der Waals surface area (Å²) >= 11 is 0. The van der Waals surface area contributed by atoms with Crippen molar-refractivity contribution in [3.05, 3.63) is 65.7 Å². The van der Waals surface area contributed by atoms with Crippen molar-refractivity contribution >= 4 is 11.5 Å². The topological polar surface area (TPSA) is 24.4 Å². The molecule has 108 valence electrons. The summed E-state index contributed by atoms with van der Waals surface area (Å²) < 4.78 is 0. The summed E-state index contributed by atoms with van der Waals surface area (Å²) in [6, 6.07) is 19.4. The number of anilines is 1. The second kappa shape index (κ2) is 6.13. The number of benzene rings is 2. The second-order valence-electron chi connectivity index (χ2n) is 5.77. The minimum atomic E-state index is 0.293. The molecular formula is C19H22N2. The molecule has 0 spiro atoms. The SMILES string of the molecule is CCC1CC(c2ccc(C)cc2)N=C1Nc1ccccc1. The van der Waals surface area contributed by atoms with Gasteiger partial charge in [0.2, 0.25) is 0 Å². The van der Waals surface area contributed by atoms with Crippen molar-refractivity contribution in [3.8, 4) is 0 Å². The molecule has 2 atom stereocenters. The smallest absolute Gasteiger partial charge is 0.105 e. The molecule has 2 heteroatoms. The van der Waals surface area contributed by atoms with E-state index in [4.69, 9.17) is 4.99 Å². The molecule has 0 fully saturated rings. The Kier molecular flexibility index (Phi) is 4.05. The second-order valence-corrected chi connectivity index (χ2v) is 5.77. The highest BCUT2D eigenvalue weighted by Gasteiger charge is 2.27. The molecule has 2 aromatic carbocycles. The molecule has 1 aliphatic rings. The number of amidine groups is 1. The number of nitrogens with one attached hydrogen (secondary N) is 1. The van der Waals surface area contributed by atoms with E-state index in [1.54, 1.807) is 0 Å². The molecule has 2 aromatic rings. The van der Waals surface area contributed by atoms with E-state index >= 15 is 0 Å². The summed E-state index contributed by atoms with van der Waals surface area (Å²) in [5.74, 6) is 1.66. The number of nitrogens with zero attached hydrogens (tertiary/aromatic N) is 1. The lowest BCUT2D eigenvalue weighted by atomic mass is 9.96. The van der Waals surface area contributed by atoms with Crippen molar-refractivity contribution in [1.29, 1.82) is 0 Å². The first-order valence-electron chi connectivity index (χ1n) is 7.72. The van der Waals surface area contributed by atoms with Gasteiger partial charge >= 0.3 is 0 Å². The Bertz CT molecular complexity index is 614. The van der Waals surface area contributed by atoms with Gasteiger partial charge in [-0.05, 0) is 37.5 Å². The first-order chi connectivity index (χ1) is 10.3. The van der Waals surface area contributed by atoms with Gasteiger partial charge in [-0.2, -0.15) is 0 Å². The van der Waals surface area contributed by atoms with E-state index in [2.05, 4.69) is 67.7 Å². The molecule has 2 nitrogen and oxygen atoms in total. The number of rotatable bonds is 3. The van der Waals surface area contributed by atoms with Crippen LogP contribution < -0.4 is 5.32 Å². The van der Waals surface area contributed by atoms with Gasteiger partial charge in [-0.1, -0.05) is 55.0 Å². The van der Waals surface area contributed by atoms with E-state index in [0.29, 0.717) is 12.0 Å². The maximum atomic E-state index is 4.94. The fourth-order valence-corrected chi connectivity index (χ4v) is 2.87. The maximum Gasteiger partial charge on any atom is 0.105 e. The number of hydrogen-bond acceptors (Lipinski definition) is 2. The summed E-state index contributed by atoms with van der Waals surface area (Å²) in [4.78, 5) is 4.94. The Morgan fingerprint density at radius 1 is 1.05 bits per heavy atom. The first-order valence-corrected chi connectivity index (χ1v) is 7.72. The van der Waals surface area contributed by atoms with E-state index in [0.717, 1.165) is 24.4 Å². The molecule has 1 aliphatic heterocycles. The predicted molar refractivity (Wildman–Crippen MR) is 89.8 cm³/mol. The monoisotopic (exact) mass is 278 g/mol. The molecule has 0 radical (unpaired) electrons. The van der Waals surface area contributed by atoms with E-state index in [9.17, 15) is 0 Å². The van der Waals surface area contributed by atoms with Crippen molar-refractivity contribution in [2.75, 3.05) is 5.32 Å². The quantitative estimate of drug-likeness (QED) is 0.841. The highest BCUT2D eigenvalue weighted by Crippen LogP contribution is 2.34. The minimum Gasteiger partial charge on any atom is -0.344 e. The Hall–Kier alpha value is -2.09. The lowest BCUT2D eigenvalue weighted by molar-refractivity contribution is 0.578. The average molecular weight is 278 g/mol. The van der Waals surface area contributed by atoms with E-state index in [1.807, 2.05) is 6.07 Å². The summed E-state index contributed by atoms with van der Waals surface area (Å²) in [5.41, 5.74) is 3.75. The van der Waals surface area contributed by atoms with Crippen LogP contribution in [0.3, 0.4) is 0 Å². The number of para-hydroxylation sites is 1. The summed E-state index contributed by atoms with van der Waals surface area (Å²) in [6.07, 6.45) is 2.23. The molecule has 1 N–H and O–H groups in total. The maximum absolute atomic E-state index is 4.94. The van der Waals surface area contributed by atoms with Gasteiger partial charge in [0, 0.05) is 11.6 Å². The van der Waals surface area contributed by atoms with Gasteiger partial charge in [0.15, 0.2) is 0 Å². The molecule has 1 heterocycles. The highest BCUT2D eigenvalue weighted by molar-refractivity contribution is 5.98. The highest BCUT2D eigenvalue weighted by atomic mass is 15.0. The Morgan fingerprint density at radius 3 is 2.43 bits per heavy atom. The van der Waals surface area contributed by atoms with Gasteiger partial charge in [-0.25, -0.2) is 0 Å². The molecular weight excluding hydrogens is 256 g/mol.